The van der Waals surface area contributed by atoms with Crippen LogP contribution in [0.1, 0.15) is 49.2 Å². The van der Waals surface area contributed by atoms with E-state index in [1.54, 1.807) is 6.07 Å². The number of benzene rings is 2. The Balaban J connectivity index is 1.83. The van der Waals surface area contributed by atoms with Crippen molar-refractivity contribution in [3.8, 4) is 0 Å². The Morgan fingerprint density at radius 2 is 1.92 bits per heavy atom. The molecule has 1 aromatic heterocycles. The number of hydrogen-bond acceptors (Lipinski definition) is 3. The maximum absolute atomic E-state index is 12.8. The van der Waals surface area contributed by atoms with Gasteiger partial charge in [0.2, 0.25) is 0 Å². The zero-order chi connectivity index (χ0) is 17.8. The Bertz CT molecular complexity index is 855. The maximum Gasteiger partial charge on any atom is 0.251 e. The molecule has 1 N–H and O–H groups in total. The first-order valence-corrected chi connectivity index (χ1v) is 8.77. The van der Waals surface area contributed by atoms with Crippen LogP contribution in [0.15, 0.2) is 48.5 Å². The smallest absolute Gasteiger partial charge is 0.251 e. The zero-order valence-electron chi connectivity index (χ0n) is 14.9. The highest BCUT2D eigenvalue weighted by Gasteiger charge is 2.18. The minimum atomic E-state index is -0.0811. The summed E-state index contributed by atoms with van der Waals surface area (Å²) in [4.78, 5) is 12.8. The van der Waals surface area contributed by atoms with Crippen LogP contribution < -0.4 is 5.32 Å². The second-order valence-electron chi connectivity index (χ2n) is 6.67. The standard InChI is InChI=1S/C20H24N4O/c1-4-24-19-11-10-16(13-18(19)22-23-24)20(25)21-17(12-14(2)3)15-8-6-5-7-9-15/h5-11,13-14,17H,4,12H2,1-3H3,(H,21,25). The number of nitrogens with one attached hydrogen (secondary N) is 1. The van der Waals surface area contributed by atoms with E-state index in [1.807, 2.05) is 41.9 Å². The van der Waals surface area contributed by atoms with Gasteiger partial charge in [-0.25, -0.2) is 4.68 Å². The second kappa shape index (κ2) is 7.47. The van der Waals surface area contributed by atoms with E-state index in [9.17, 15) is 4.79 Å². The van der Waals surface area contributed by atoms with Crippen LogP contribution in [-0.4, -0.2) is 20.9 Å². The van der Waals surface area contributed by atoms with Gasteiger partial charge in [0.25, 0.3) is 5.91 Å². The number of aryl methyl sites for hydroxylation is 1. The molecule has 1 amide bonds. The van der Waals surface area contributed by atoms with Crippen molar-refractivity contribution in [2.24, 2.45) is 5.92 Å². The highest BCUT2D eigenvalue weighted by Crippen LogP contribution is 2.22. The van der Waals surface area contributed by atoms with Gasteiger partial charge in [-0.1, -0.05) is 49.4 Å². The molecule has 0 aliphatic heterocycles. The predicted molar refractivity (Wildman–Crippen MR) is 99.3 cm³/mol. The fraction of sp³-hybridized carbons (Fsp3) is 0.350. The average molecular weight is 336 g/mol. The Kier molecular flexibility index (Phi) is 5.12. The number of rotatable bonds is 6. The molecule has 0 aliphatic rings. The van der Waals surface area contributed by atoms with Gasteiger partial charge in [0.1, 0.15) is 5.52 Å². The number of amides is 1. The normalized spacial score (nSPS) is 12.5. The van der Waals surface area contributed by atoms with Gasteiger partial charge in [0.15, 0.2) is 0 Å². The molecule has 2 aromatic carbocycles. The van der Waals surface area contributed by atoms with E-state index in [1.165, 1.54) is 0 Å². The van der Waals surface area contributed by atoms with Crippen molar-refractivity contribution >= 4 is 16.9 Å². The minimum absolute atomic E-state index is 0.00396. The topological polar surface area (TPSA) is 59.8 Å². The molecular weight excluding hydrogens is 312 g/mol. The lowest BCUT2D eigenvalue weighted by molar-refractivity contribution is 0.0932. The van der Waals surface area contributed by atoms with Crippen molar-refractivity contribution in [3.63, 3.8) is 0 Å². The molecule has 1 heterocycles. The molecule has 130 valence electrons. The largest absolute Gasteiger partial charge is 0.345 e. The number of carbonyl (C=O) groups is 1. The first-order chi connectivity index (χ1) is 12.1. The Hall–Kier alpha value is -2.69. The molecule has 3 rings (SSSR count). The second-order valence-corrected chi connectivity index (χ2v) is 6.67. The third-order valence-electron chi connectivity index (χ3n) is 4.29. The summed E-state index contributed by atoms with van der Waals surface area (Å²) < 4.78 is 1.82. The lowest BCUT2D eigenvalue weighted by Crippen LogP contribution is -2.29. The molecule has 3 aromatic rings. The lowest BCUT2D eigenvalue weighted by atomic mass is 9.96. The summed E-state index contributed by atoms with van der Waals surface area (Å²) in [7, 11) is 0. The van der Waals surface area contributed by atoms with Crippen LogP contribution in [0.25, 0.3) is 11.0 Å². The third kappa shape index (κ3) is 3.87. The molecule has 5 heteroatoms. The van der Waals surface area contributed by atoms with Crippen molar-refractivity contribution in [1.82, 2.24) is 20.3 Å². The summed E-state index contributed by atoms with van der Waals surface area (Å²) in [5.74, 6) is 0.403. The van der Waals surface area contributed by atoms with Gasteiger partial charge in [0.05, 0.1) is 11.6 Å². The summed E-state index contributed by atoms with van der Waals surface area (Å²) in [5, 5.41) is 11.4. The number of fused-ring (bicyclic) bond motifs is 1. The van der Waals surface area contributed by atoms with Crippen LogP contribution >= 0.6 is 0 Å². The molecule has 0 aliphatic carbocycles. The fourth-order valence-corrected chi connectivity index (χ4v) is 3.02. The van der Waals surface area contributed by atoms with E-state index < -0.39 is 0 Å². The highest BCUT2D eigenvalue weighted by atomic mass is 16.1. The van der Waals surface area contributed by atoms with E-state index >= 15 is 0 Å². The highest BCUT2D eigenvalue weighted by molar-refractivity contribution is 5.97. The van der Waals surface area contributed by atoms with Crippen LogP contribution in [0.3, 0.4) is 0 Å². The monoisotopic (exact) mass is 336 g/mol. The molecule has 0 saturated carbocycles. The first-order valence-electron chi connectivity index (χ1n) is 8.77. The summed E-state index contributed by atoms with van der Waals surface area (Å²) >= 11 is 0. The summed E-state index contributed by atoms with van der Waals surface area (Å²) in [6.45, 7) is 7.10. The maximum atomic E-state index is 12.8. The van der Waals surface area contributed by atoms with Gasteiger partial charge in [0, 0.05) is 12.1 Å². The van der Waals surface area contributed by atoms with Gasteiger partial charge >= 0.3 is 0 Å². The SMILES string of the molecule is CCn1nnc2cc(C(=O)NC(CC(C)C)c3ccccc3)ccc21. The number of aromatic nitrogens is 3. The van der Waals surface area contributed by atoms with Crippen LogP contribution in [0, 0.1) is 5.92 Å². The Labute approximate surface area is 148 Å². The molecule has 0 saturated heterocycles. The molecule has 0 fully saturated rings. The fourth-order valence-electron chi connectivity index (χ4n) is 3.02. The van der Waals surface area contributed by atoms with Crippen LogP contribution in [0.5, 0.6) is 0 Å². The predicted octanol–water partition coefficient (Wildman–Crippen LogP) is 3.97. The minimum Gasteiger partial charge on any atom is -0.345 e. The van der Waals surface area contributed by atoms with Crippen LogP contribution in [-0.2, 0) is 6.54 Å². The van der Waals surface area contributed by atoms with Crippen molar-refractivity contribution in [3.05, 3.63) is 59.7 Å². The molecule has 1 unspecified atom stereocenters. The van der Waals surface area contributed by atoms with Crippen LogP contribution in [0.4, 0.5) is 0 Å². The molecule has 0 bridgehead atoms. The van der Waals surface area contributed by atoms with E-state index in [2.05, 4.69) is 41.6 Å². The number of nitrogens with zero attached hydrogens (tertiary/aromatic N) is 3. The van der Waals surface area contributed by atoms with E-state index in [0.717, 1.165) is 29.6 Å². The Morgan fingerprint density at radius 1 is 1.16 bits per heavy atom. The molecule has 1 atom stereocenters. The summed E-state index contributed by atoms with van der Waals surface area (Å²) in [6, 6.07) is 15.7. The number of hydrogen-bond donors (Lipinski definition) is 1. The zero-order valence-corrected chi connectivity index (χ0v) is 14.9. The van der Waals surface area contributed by atoms with Gasteiger partial charge in [-0.15, -0.1) is 5.10 Å². The van der Waals surface area contributed by atoms with Crippen molar-refractivity contribution in [1.29, 1.82) is 0 Å². The average Bonchev–Trinajstić information content (AvgIpc) is 3.03. The summed E-state index contributed by atoms with van der Waals surface area (Å²) in [6.07, 6.45) is 0.893. The molecule has 0 spiro atoms. The lowest BCUT2D eigenvalue weighted by Gasteiger charge is -2.21. The van der Waals surface area contributed by atoms with E-state index in [0.29, 0.717) is 11.5 Å². The molecule has 25 heavy (non-hydrogen) atoms. The van der Waals surface area contributed by atoms with Crippen molar-refractivity contribution < 1.29 is 4.79 Å². The van der Waals surface area contributed by atoms with Gasteiger partial charge < -0.3 is 5.32 Å². The molecule has 0 radical (unpaired) electrons. The van der Waals surface area contributed by atoms with Crippen molar-refractivity contribution in [2.75, 3.05) is 0 Å². The Morgan fingerprint density at radius 3 is 2.60 bits per heavy atom. The van der Waals surface area contributed by atoms with Crippen molar-refractivity contribution in [2.45, 2.75) is 39.8 Å². The van der Waals surface area contributed by atoms with Gasteiger partial charge in [-0.05, 0) is 43.0 Å². The molecule has 5 nitrogen and oxygen atoms in total. The summed E-state index contributed by atoms with van der Waals surface area (Å²) in [5.41, 5.74) is 3.43. The van der Waals surface area contributed by atoms with Gasteiger partial charge in [-0.2, -0.15) is 0 Å². The van der Waals surface area contributed by atoms with Gasteiger partial charge in [-0.3, -0.25) is 4.79 Å². The van der Waals surface area contributed by atoms with E-state index in [4.69, 9.17) is 0 Å². The first kappa shape index (κ1) is 17.1. The third-order valence-corrected chi connectivity index (χ3v) is 4.29. The van der Waals surface area contributed by atoms with Crippen LogP contribution in [0.2, 0.25) is 0 Å². The number of carbonyl (C=O) groups excluding carboxylic acids is 1. The molecular formula is C20H24N4O. The van der Waals surface area contributed by atoms with E-state index in [-0.39, 0.29) is 11.9 Å². The quantitative estimate of drug-likeness (QED) is 0.741.